The Hall–Kier alpha value is -2.28. The van der Waals surface area contributed by atoms with Gasteiger partial charge in [-0.15, -0.1) is 0 Å². The van der Waals surface area contributed by atoms with E-state index in [1.165, 1.54) is 18.2 Å². The number of nitrogens with one attached hydrogen (secondary N) is 2. The summed E-state index contributed by atoms with van der Waals surface area (Å²) in [6.07, 6.45) is 3.11. The fourth-order valence-electron chi connectivity index (χ4n) is 2.14. The molecule has 4 N–H and O–H groups in total. The molecule has 1 aliphatic heterocycles. The SMILES string of the molecule is O=C(NCC1CCCCO1)Nc1ccc(C(=O)O)c(O)c1. The van der Waals surface area contributed by atoms with Crippen LogP contribution in [0.4, 0.5) is 10.5 Å². The van der Waals surface area contributed by atoms with Crippen molar-refractivity contribution in [1.29, 1.82) is 0 Å². The van der Waals surface area contributed by atoms with Crippen molar-refractivity contribution < 1.29 is 24.5 Å². The van der Waals surface area contributed by atoms with E-state index in [2.05, 4.69) is 10.6 Å². The molecule has 7 heteroatoms. The number of phenols is 1. The summed E-state index contributed by atoms with van der Waals surface area (Å²) in [6, 6.07) is 3.42. The first-order valence-corrected chi connectivity index (χ1v) is 6.79. The smallest absolute Gasteiger partial charge is 0.339 e. The predicted molar refractivity (Wildman–Crippen MR) is 75.7 cm³/mol. The maximum atomic E-state index is 11.7. The van der Waals surface area contributed by atoms with Crippen molar-refractivity contribution in [3.63, 3.8) is 0 Å². The number of carboxylic acids is 1. The molecule has 1 aliphatic rings. The van der Waals surface area contributed by atoms with Gasteiger partial charge in [-0.3, -0.25) is 0 Å². The average Bonchev–Trinajstić information content (AvgIpc) is 2.46. The molecule has 0 bridgehead atoms. The molecule has 1 fully saturated rings. The largest absolute Gasteiger partial charge is 0.507 e. The molecule has 7 nitrogen and oxygen atoms in total. The van der Waals surface area contributed by atoms with Gasteiger partial charge >= 0.3 is 12.0 Å². The quantitative estimate of drug-likeness (QED) is 0.677. The van der Waals surface area contributed by atoms with E-state index in [-0.39, 0.29) is 11.7 Å². The van der Waals surface area contributed by atoms with Crippen LogP contribution in [0.2, 0.25) is 0 Å². The number of aromatic hydroxyl groups is 1. The van der Waals surface area contributed by atoms with Crippen LogP contribution >= 0.6 is 0 Å². The predicted octanol–water partition coefficient (Wildman–Crippen LogP) is 1.78. The molecular formula is C14H18N2O5. The molecule has 0 radical (unpaired) electrons. The Kier molecular flexibility index (Phi) is 4.99. The van der Waals surface area contributed by atoms with Crippen LogP contribution in [0.3, 0.4) is 0 Å². The van der Waals surface area contributed by atoms with Gasteiger partial charge in [0.05, 0.1) is 6.10 Å². The second-order valence-electron chi connectivity index (χ2n) is 4.86. The van der Waals surface area contributed by atoms with Gasteiger partial charge in [0, 0.05) is 24.9 Å². The van der Waals surface area contributed by atoms with Crippen molar-refractivity contribution in [2.75, 3.05) is 18.5 Å². The van der Waals surface area contributed by atoms with Crippen molar-refractivity contribution >= 4 is 17.7 Å². The minimum Gasteiger partial charge on any atom is -0.507 e. The van der Waals surface area contributed by atoms with Crippen molar-refractivity contribution in [2.45, 2.75) is 25.4 Å². The van der Waals surface area contributed by atoms with Gasteiger partial charge in [0.25, 0.3) is 0 Å². The number of hydrogen-bond donors (Lipinski definition) is 4. The van der Waals surface area contributed by atoms with Crippen LogP contribution in [-0.4, -0.2) is 41.5 Å². The highest BCUT2D eigenvalue weighted by Crippen LogP contribution is 2.21. The number of carbonyl (C=O) groups excluding carboxylic acids is 1. The number of hydrogen-bond acceptors (Lipinski definition) is 4. The van der Waals surface area contributed by atoms with E-state index in [0.29, 0.717) is 12.2 Å². The number of carbonyl (C=O) groups is 2. The summed E-state index contributed by atoms with van der Waals surface area (Å²) in [4.78, 5) is 22.5. The first-order valence-electron chi connectivity index (χ1n) is 6.79. The Balaban J connectivity index is 1.84. The van der Waals surface area contributed by atoms with E-state index in [1.807, 2.05) is 0 Å². The molecule has 2 amide bonds. The van der Waals surface area contributed by atoms with Crippen LogP contribution in [0.5, 0.6) is 5.75 Å². The van der Waals surface area contributed by atoms with Gasteiger partial charge in [-0.25, -0.2) is 9.59 Å². The zero-order valence-corrected chi connectivity index (χ0v) is 11.5. The molecule has 2 rings (SSSR count). The van der Waals surface area contributed by atoms with Gasteiger partial charge in [-0.1, -0.05) is 0 Å². The first-order chi connectivity index (χ1) is 10.1. The van der Waals surface area contributed by atoms with Crippen LogP contribution in [0.15, 0.2) is 18.2 Å². The highest BCUT2D eigenvalue weighted by Gasteiger charge is 2.15. The molecule has 0 spiro atoms. The summed E-state index contributed by atoms with van der Waals surface area (Å²) >= 11 is 0. The number of amides is 2. The maximum Gasteiger partial charge on any atom is 0.339 e. The van der Waals surface area contributed by atoms with Gasteiger partial charge in [0.2, 0.25) is 0 Å². The molecule has 1 aromatic carbocycles. The highest BCUT2D eigenvalue weighted by atomic mass is 16.5. The Labute approximate surface area is 121 Å². The lowest BCUT2D eigenvalue weighted by atomic mass is 10.1. The first kappa shape index (κ1) is 15.1. The molecule has 1 atom stereocenters. The summed E-state index contributed by atoms with van der Waals surface area (Å²) in [5.41, 5.74) is 0.108. The molecule has 21 heavy (non-hydrogen) atoms. The minimum atomic E-state index is -1.22. The molecule has 0 aromatic heterocycles. The number of urea groups is 1. The van der Waals surface area contributed by atoms with Gasteiger partial charge in [-0.05, 0) is 31.4 Å². The van der Waals surface area contributed by atoms with Crippen LogP contribution in [0, 0.1) is 0 Å². The molecule has 0 saturated carbocycles. The number of benzene rings is 1. The van der Waals surface area contributed by atoms with Crippen molar-refractivity contribution in [1.82, 2.24) is 5.32 Å². The summed E-state index contributed by atoms with van der Waals surface area (Å²) in [5, 5.41) is 23.5. The normalized spacial score (nSPS) is 18.0. The number of rotatable bonds is 4. The average molecular weight is 294 g/mol. The summed E-state index contributed by atoms with van der Waals surface area (Å²) < 4.78 is 5.49. The fraction of sp³-hybridized carbons (Fsp3) is 0.429. The van der Waals surface area contributed by atoms with E-state index in [9.17, 15) is 14.7 Å². The Bertz CT molecular complexity index is 526. The number of aromatic carboxylic acids is 1. The van der Waals surface area contributed by atoms with Crippen LogP contribution in [0.1, 0.15) is 29.6 Å². The third-order valence-corrected chi connectivity index (χ3v) is 3.25. The molecule has 1 aromatic rings. The Morgan fingerprint density at radius 2 is 2.14 bits per heavy atom. The van der Waals surface area contributed by atoms with E-state index in [0.717, 1.165) is 25.9 Å². The summed E-state index contributed by atoms with van der Waals surface area (Å²) in [5.74, 6) is -1.62. The van der Waals surface area contributed by atoms with Crippen LogP contribution < -0.4 is 10.6 Å². The van der Waals surface area contributed by atoms with E-state index in [1.54, 1.807) is 0 Å². The maximum absolute atomic E-state index is 11.7. The number of carboxylic acid groups (broad SMARTS) is 1. The standard InChI is InChI=1S/C14H18N2O5/c17-12-7-9(4-5-11(12)13(18)19)16-14(20)15-8-10-3-1-2-6-21-10/h4-5,7,10,17H,1-3,6,8H2,(H,18,19)(H2,15,16,20). The van der Waals surface area contributed by atoms with Gasteiger partial charge < -0.3 is 25.6 Å². The van der Waals surface area contributed by atoms with Gasteiger partial charge in [0.1, 0.15) is 11.3 Å². The second-order valence-corrected chi connectivity index (χ2v) is 4.86. The monoisotopic (exact) mass is 294 g/mol. The molecular weight excluding hydrogens is 276 g/mol. The molecule has 114 valence electrons. The fourth-order valence-corrected chi connectivity index (χ4v) is 2.14. The highest BCUT2D eigenvalue weighted by molar-refractivity contribution is 5.93. The summed E-state index contributed by atoms with van der Waals surface area (Å²) in [6.45, 7) is 1.14. The lowest BCUT2D eigenvalue weighted by molar-refractivity contribution is 0.0187. The van der Waals surface area contributed by atoms with Crippen LogP contribution in [0.25, 0.3) is 0 Å². The van der Waals surface area contributed by atoms with Crippen molar-refractivity contribution in [2.24, 2.45) is 0 Å². The van der Waals surface area contributed by atoms with Crippen LogP contribution in [-0.2, 0) is 4.74 Å². The minimum absolute atomic E-state index is 0.0345. The van der Waals surface area contributed by atoms with Gasteiger partial charge in [0.15, 0.2) is 0 Å². The Morgan fingerprint density at radius 1 is 1.33 bits per heavy atom. The third-order valence-electron chi connectivity index (χ3n) is 3.25. The van der Waals surface area contributed by atoms with Crippen molar-refractivity contribution in [3.8, 4) is 5.75 Å². The lowest BCUT2D eigenvalue weighted by Crippen LogP contribution is -2.37. The zero-order chi connectivity index (χ0) is 15.2. The van der Waals surface area contributed by atoms with E-state index < -0.39 is 17.7 Å². The number of anilines is 1. The second kappa shape index (κ2) is 6.94. The molecule has 1 unspecified atom stereocenters. The lowest BCUT2D eigenvalue weighted by Gasteiger charge is -2.22. The molecule has 1 saturated heterocycles. The molecule has 1 heterocycles. The zero-order valence-electron chi connectivity index (χ0n) is 11.5. The van der Waals surface area contributed by atoms with Crippen molar-refractivity contribution in [3.05, 3.63) is 23.8 Å². The van der Waals surface area contributed by atoms with E-state index >= 15 is 0 Å². The molecule has 0 aliphatic carbocycles. The topological polar surface area (TPSA) is 108 Å². The third kappa shape index (κ3) is 4.35. The van der Waals surface area contributed by atoms with E-state index in [4.69, 9.17) is 9.84 Å². The summed E-state index contributed by atoms with van der Waals surface area (Å²) in [7, 11) is 0. The number of ether oxygens (including phenoxy) is 1. The Morgan fingerprint density at radius 3 is 2.76 bits per heavy atom. The van der Waals surface area contributed by atoms with Gasteiger partial charge in [-0.2, -0.15) is 0 Å².